The van der Waals surface area contributed by atoms with Crippen LogP contribution >= 0.6 is 11.8 Å². The highest BCUT2D eigenvalue weighted by Gasteiger charge is 2.26. The zero-order valence-corrected chi connectivity index (χ0v) is 13.2. The van der Waals surface area contributed by atoms with Gasteiger partial charge in [-0.3, -0.25) is 4.79 Å². The third kappa shape index (κ3) is 3.52. The molecule has 2 aromatic rings. The maximum absolute atomic E-state index is 12.0. The van der Waals surface area contributed by atoms with E-state index in [2.05, 4.69) is 29.7 Å². The van der Waals surface area contributed by atoms with E-state index in [0.717, 1.165) is 22.6 Å². The average molecular weight is 310 g/mol. The lowest BCUT2D eigenvalue weighted by atomic mass is 10.1. The second kappa shape index (κ2) is 6.71. The Balaban J connectivity index is 1.67. The molecule has 2 N–H and O–H groups in total. The number of thioether (sulfide) groups is 1. The molecular weight excluding hydrogens is 292 g/mol. The number of hydrogen-bond donors (Lipinski definition) is 2. The molecule has 0 bridgehead atoms. The molecule has 0 radical (unpaired) electrons. The summed E-state index contributed by atoms with van der Waals surface area (Å²) in [5.74, 6) is -0.0310. The summed E-state index contributed by atoms with van der Waals surface area (Å²) >= 11 is 1.51. The Morgan fingerprint density at radius 2 is 1.86 bits per heavy atom. The van der Waals surface area contributed by atoms with Gasteiger partial charge in [0.1, 0.15) is 0 Å². The largest absolute Gasteiger partial charge is 0.357 e. The second-order valence-electron chi connectivity index (χ2n) is 5.09. The number of anilines is 1. The van der Waals surface area contributed by atoms with Crippen molar-refractivity contribution in [2.75, 3.05) is 5.32 Å². The van der Waals surface area contributed by atoms with Crippen molar-refractivity contribution in [1.29, 1.82) is 0 Å². The van der Waals surface area contributed by atoms with E-state index >= 15 is 0 Å². The predicted molar refractivity (Wildman–Crippen MR) is 93.4 cm³/mol. The Morgan fingerprint density at radius 3 is 2.55 bits per heavy atom. The fourth-order valence-electron chi connectivity index (χ4n) is 2.25. The number of aryl methyl sites for hydroxylation is 1. The van der Waals surface area contributed by atoms with Gasteiger partial charge >= 0.3 is 0 Å². The molecule has 0 saturated carbocycles. The first-order chi connectivity index (χ1) is 10.7. The van der Waals surface area contributed by atoms with Crippen LogP contribution in [0.5, 0.6) is 0 Å². The van der Waals surface area contributed by atoms with Crippen LogP contribution in [-0.2, 0) is 11.2 Å². The zero-order valence-electron chi connectivity index (χ0n) is 12.4. The van der Waals surface area contributed by atoms with Crippen molar-refractivity contribution >= 4 is 29.4 Å². The van der Waals surface area contributed by atoms with Crippen LogP contribution in [-0.4, -0.2) is 11.4 Å². The molecular formula is C18H18N2OS. The van der Waals surface area contributed by atoms with Crippen molar-refractivity contribution in [2.24, 2.45) is 0 Å². The van der Waals surface area contributed by atoms with E-state index < -0.39 is 0 Å². The van der Waals surface area contributed by atoms with Crippen LogP contribution in [0.25, 0.3) is 6.08 Å². The molecule has 3 rings (SSSR count). The molecule has 1 fully saturated rings. The smallest absolute Gasteiger partial charge is 0.260 e. The number of carbonyl (C=O) groups excluding carboxylic acids is 1. The Labute approximate surface area is 134 Å². The van der Waals surface area contributed by atoms with E-state index in [-0.39, 0.29) is 11.4 Å². The van der Waals surface area contributed by atoms with Crippen molar-refractivity contribution < 1.29 is 4.79 Å². The molecule has 1 heterocycles. The molecule has 1 amide bonds. The van der Waals surface area contributed by atoms with Crippen molar-refractivity contribution in [1.82, 2.24) is 5.32 Å². The standard InChI is InChI=1S/C18H18N2OS/c1-2-13-8-10-15(11-9-13)19-18-20-17(21)16(22-18)12-14-6-4-3-5-7-14/h3-12,18-19H,2H2,1H3,(H,20,21)/b16-12-/t18-/m1/s1. The van der Waals surface area contributed by atoms with Crippen LogP contribution in [0.3, 0.4) is 0 Å². The highest BCUT2D eigenvalue weighted by molar-refractivity contribution is 8.05. The van der Waals surface area contributed by atoms with Crippen LogP contribution in [0.4, 0.5) is 5.69 Å². The van der Waals surface area contributed by atoms with E-state index in [0.29, 0.717) is 0 Å². The van der Waals surface area contributed by atoms with Crippen molar-refractivity contribution in [3.8, 4) is 0 Å². The van der Waals surface area contributed by atoms with Gasteiger partial charge in [0.15, 0.2) is 5.50 Å². The molecule has 0 spiro atoms. The molecule has 0 aromatic heterocycles. The molecule has 0 unspecified atom stereocenters. The molecule has 4 heteroatoms. The first kappa shape index (κ1) is 14.7. The van der Waals surface area contributed by atoms with Crippen LogP contribution in [0.1, 0.15) is 18.1 Å². The van der Waals surface area contributed by atoms with Crippen molar-refractivity contribution in [2.45, 2.75) is 18.8 Å². The third-order valence-electron chi connectivity index (χ3n) is 3.49. The molecule has 3 nitrogen and oxygen atoms in total. The Hall–Kier alpha value is -2.20. The van der Waals surface area contributed by atoms with Crippen LogP contribution in [0, 0.1) is 0 Å². The molecule has 1 atom stereocenters. The summed E-state index contributed by atoms with van der Waals surface area (Å²) < 4.78 is 0. The van der Waals surface area contributed by atoms with Crippen molar-refractivity contribution in [3.63, 3.8) is 0 Å². The van der Waals surface area contributed by atoms with E-state index in [9.17, 15) is 4.79 Å². The quantitative estimate of drug-likeness (QED) is 0.843. The molecule has 112 valence electrons. The van der Waals surface area contributed by atoms with Gasteiger partial charge in [0.2, 0.25) is 0 Å². The molecule has 1 aliphatic heterocycles. The molecule has 1 aliphatic rings. The summed E-state index contributed by atoms with van der Waals surface area (Å²) in [4.78, 5) is 12.8. The van der Waals surface area contributed by atoms with Crippen LogP contribution in [0.2, 0.25) is 0 Å². The molecule has 0 aliphatic carbocycles. The number of amides is 1. The predicted octanol–water partition coefficient (Wildman–Crippen LogP) is 3.85. The van der Waals surface area contributed by atoms with Gasteiger partial charge in [-0.15, -0.1) is 0 Å². The Kier molecular flexibility index (Phi) is 4.49. The summed E-state index contributed by atoms with van der Waals surface area (Å²) in [6, 6.07) is 18.2. The van der Waals surface area contributed by atoms with Gasteiger partial charge < -0.3 is 10.6 Å². The topological polar surface area (TPSA) is 41.1 Å². The summed E-state index contributed by atoms with van der Waals surface area (Å²) in [5.41, 5.74) is 3.22. The lowest BCUT2D eigenvalue weighted by Gasteiger charge is -2.12. The van der Waals surface area contributed by atoms with E-state index in [1.165, 1.54) is 17.3 Å². The van der Waals surface area contributed by atoms with Crippen LogP contribution in [0.15, 0.2) is 59.5 Å². The molecule has 22 heavy (non-hydrogen) atoms. The minimum absolute atomic E-state index is 0.0310. The fourth-order valence-corrected chi connectivity index (χ4v) is 3.24. The first-order valence-corrected chi connectivity index (χ1v) is 8.22. The van der Waals surface area contributed by atoms with Gasteiger partial charge in [0.05, 0.1) is 4.91 Å². The number of hydrogen-bond acceptors (Lipinski definition) is 3. The van der Waals surface area contributed by atoms with E-state index in [1.807, 2.05) is 48.5 Å². The maximum Gasteiger partial charge on any atom is 0.260 e. The monoisotopic (exact) mass is 310 g/mol. The first-order valence-electron chi connectivity index (χ1n) is 7.34. The van der Waals surface area contributed by atoms with Crippen LogP contribution < -0.4 is 10.6 Å². The van der Waals surface area contributed by atoms with E-state index in [4.69, 9.17) is 0 Å². The number of nitrogens with one attached hydrogen (secondary N) is 2. The van der Waals surface area contributed by atoms with Gasteiger partial charge in [0.25, 0.3) is 5.91 Å². The lowest BCUT2D eigenvalue weighted by Crippen LogP contribution is -2.30. The minimum atomic E-state index is -0.130. The molecule has 2 aromatic carbocycles. The van der Waals surface area contributed by atoms with Gasteiger partial charge in [-0.1, -0.05) is 61.2 Å². The maximum atomic E-state index is 12.0. The summed E-state index contributed by atoms with van der Waals surface area (Å²) in [5, 5.41) is 6.27. The Bertz CT molecular complexity index is 680. The lowest BCUT2D eigenvalue weighted by molar-refractivity contribution is -0.116. The second-order valence-corrected chi connectivity index (χ2v) is 6.23. The Morgan fingerprint density at radius 1 is 1.14 bits per heavy atom. The summed E-state index contributed by atoms with van der Waals surface area (Å²) in [6.07, 6.45) is 2.95. The summed E-state index contributed by atoms with van der Waals surface area (Å²) in [7, 11) is 0. The fraction of sp³-hybridized carbons (Fsp3) is 0.167. The highest BCUT2D eigenvalue weighted by atomic mass is 32.2. The van der Waals surface area contributed by atoms with Gasteiger partial charge in [-0.2, -0.15) is 0 Å². The normalized spacial score (nSPS) is 19.2. The highest BCUT2D eigenvalue weighted by Crippen LogP contribution is 2.30. The molecule has 1 saturated heterocycles. The average Bonchev–Trinajstić information content (AvgIpc) is 2.88. The SMILES string of the molecule is CCc1ccc(N[C@@H]2NC(=O)/C(=C/c3ccccc3)S2)cc1. The number of rotatable bonds is 4. The number of benzene rings is 2. The van der Waals surface area contributed by atoms with Gasteiger partial charge in [-0.05, 0) is 35.8 Å². The van der Waals surface area contributed by atoms with Crippen molar-refractivity contribution in [3.05, 3.63) is 70.6 Å². The number of carbonyl (C=O) groups is 1. The minimum Gasteiger partial charge on any atom is -0.357 e. The van der Waals surface area contributed by atoms with E-state index in [1.54, 1.807) is 0 Å². The third-order valence-corrected chi connectivity index (χ3v) is 4.52. The zero-order chi connectivity index (χ0) is 15.4. The van der Waals surface area contributed by atoms with Gasteiger partial charge in [0, 0.05) is 5.69 Å². The van der Waals surface area contributed by atoms with Gasteiger partial charge in [-0.25, -0.2) is 0 Å². The summed E-state index contributed by atoms with van der Waals surface area (Å²) in [6.45, 7) is 2.14.